The van der Waals surface area contributed by atoms with Gasteiger partial charge in [0.15, 0.2) is 5.96 Å². The van der Waals surface area contributed by atoms with E-state index in [2.05, 4.69) is 46.7 Å². The van der Waals surface area contributed by atoms with E-state index in [9.17, 15) is 0 Å². The molecule has 0 atom stereocenters. The van der Waals surface area contributed by atoms with Gasteiger partial charge in [0, 0.05) is 31.7 Å². The van der Waals surface area contributed by atoms with Gasteiger partial charge < -0.3 is 25.0 Å². The molecular weight excluding hydrogens is 388 g/mol. The zero-order valence-electron chi connectivity index (χ0n) is 19.6. The minimum Gasteiger partial charge on any atom is -0.497 e. The lowest BCUT2D eigenvalue weighted by Gasteiger charge is -2.36. The standard InChI is InChI=1S/C25H42N4O2/c1-3-26-24(27-15-8-18-29-16-6-4-5-7-17-29)28-21-25(13-19-31-20-14-25)22-9-11-23(30-2)12-10-22/h9-12H,3-8,13-21H2,1-2H3,(H2,26,27,28). The number of benzene rings is 1. The van der Waals surface area contributed by atoms with Crippen LogP contribution in [0.25, 0.3) is 0 Å². The predicted octanol–water partition coefficient (Wildman–Crippen LogP) is 3.56. The smallest absolute Gasteiger partial charge is 0.191 e. The summed E-state index contributed by atoms with van der Waals surface area (Å²) in [6, 6.07) is 8.51. The number of guanidine groups is 1. The van der Waals surface area contributed by atoms with Gasteiger partial charge in [-0.25, -0.2) is 0 Å². The molecule has 2 saturated heterocycles. The first kappa shape index (κ1) is 23.9. The van der Waals surface area contributed by atoms with Crippen LogP contribution in [0, 0.1) is 0 Å². The third kappa shape index (κ3) is 7.39. The van der Waals surface area contributed by atoms with Gasteiger partial charge >= 0.3 is 0 Å². The zero-order valence-corrected chi connectivity index (χ0v) is 19.6. The fourth-order valence-electron chi connectivity index (χ4n) is 4.69. The zero-order chi connectivity index (χ0) is 21.8. The molecular formula is C25H42N4O2. The molecule has 3 rings (SSSR count). The molecule has 0 spiro atoms. The van der Waals surface area contributed by atoms with E-state index in [-0.39, 0.29) is 5.41 Å². The molecule has 2 aliphatic rings. The number of likely N-dealkylation sites (tertiary alicyclic amines) is 1. The summed E-state index contributed by atoms with van der Waals surface area (Å²) in [5, 5.41) is 6.99. The Kier molecular flexibility index (Phi) is 9.94. The van der Waals surface area contributed by atoms with Crippen LogP contribution in [0.1, 0.15) is 57.4 Å². The van der Waals surface area contributed by atoms with E-state index in [1.54, 1.807) is 7.11 Å². The van der Waals surface area contributed by atoms with Crippen molar-refractivity contribution in [2.75, 3.05) is 59.6 Å². The van der Waals surface area contributed by atoms with Crippen molar-refractivity contribution in [2.45, 2.75) is 57.3 Å². The first-order valence-corrected chi connectivity index (χ1v) is 12.2. The number of nitrogens with one attached hydrogen (secondary N) is 2. The molecule has 0 unspecified atom stereocenters. The fourth-order valence-corrected chi connectivity index (χ4v) is 4.69. The molecule has 2 N–H and O–H groups in total. The third-order valence-corrected chi connectivity index (χ3v) is 6.68. The number of rotatable bonds is 9. The van der Waals surface area contributed by atoms with Gasteiger partial charge in [-0.1, -0.05) is 25.0 Å². The summed E-state index contributed by atoms with van der Waals surface area (Å²) < 4.78 is 11.0. The predicted molar refractivity (Wildman–Crippen MR) is 128 cm³/mol. The van der Waals surface area contributed by atoms with Crippen molar-refractivity contribution in [3.8, 4) is 5.75 Å². The maximum absolute atomic E-state index is 5.68. The summed E-state index contributed by atoms with van der Waals surface area (Å²) in [6.45, 7) is 10.0. The van der Waals surface area contributed by atoms with Crippen LogP contribution in [-0.2, 0) is 10.2 Å². The Labute approximate surface area is 188 Å². The van der Waals surface area contributed by atoms with Crippen molar-refractivity contribution in [2.24, 2.45) is 4.99 Å². The highest BCUT2D eigenvalue weighted by Gasteiger charge is 2.34. The molecule has 31 heavy (non-hydrogen) atoms. The number of nitrogens with zero attached hydrogens (tertiary/aromatic N) is 2. The monoisotopic (exact) mass is 430 g/mol. The number of ether oxygens (including phenoxy) is 2. The second-order valence-corrected chi connectivity index (χ2v) is 8.85. The average Bonchev–Trinajstić information content (AvgIpc) is 3.10. The first-order valence-electron chi connectivity index (χ1n) is 12.2. The van der Waals surface area contributed by atoms with Crippen LogP contribution < -0.4 is 15.4 Å². The minimum atomic E-state index is 0.0267. The average molecular weight is 431 g/mol. The summed E-state index contributed by atoms with van der Waals surface area (Å²) >= 11 is 0. The molecule has 0 bridgehead atoms. The maximum atomic E-state index is 5.68. The minimum absolute atomic E-state index is 0.0267. The van der Waals surface area contributed by atoms with Gasteiger partial charge in [-0.05, 0) is 76.4 Å². The molecule has 6 nitrogen and oxygen atoms in total. The van der Waals surface area contributed by atoms with Crippen LogP contribution in [0.4, 0.5) is 0 Å². The fraction of sp³-hybridized carbons (Fsp3) is 0.720. The normalized spacial score (nSPS) is 20.1. The van der Waals surface area contributed by atoms with E-state index in [4.69, 9.17) is 14.5 Å². The van der Waals surface area contributed by atoms with Gasteiger partial charge in [-0.3, -0.25) is 4.99 Å². The van der Waals surface area contributed by atoms with Gasteiger partial charge in [0.25, 0.3) is 0 Å². The van der Waals surface area contributed by atoms with Crippen molar-refractivity contribution in [1.82, 2.24) is 15.5 Å². The quantitative estimate of drug-likeness (QED) is 0.356. The molecule has 0 aliphatic carbocycles. The molecule has 174 valence electrons. The number of methoxy groups -OCH3 is 1. The van der Waals surface area contributed by atoms with E-state index in [1.807, 2.05) is 0 Å². The molecule has 0 saturated carbocycles. The van der Waals surface area contributed by atoms with Crippen LogP contribution in [0.2, 0.25) is 0 Å². The first-order chi connectivity index (χ1) is 15.3. The Hall–Kier alpha value is -1.79. The van der Waals surface area contributed by atoms with Crippen molar-refractivity contribution in [3.05, 3.63) is 29.8 Å². The van der Waals surface area contributed by atoms with Gasteiger partial charge in [0.2, 0.25) is 0 Å². The molecule has 2 aliphatic heterocycles. The molecule has 2 fully saturated rings. The topological polar surface area (TPSA) is 58.1 Å². The van der Waals surface area contributed by atoms with Gasteiger partial charge in [0.05, 0.1) is 13.7 Å². The molecule has 2 heterocycles. The van der Waals surface area contributed by atoms with Crippen LogP contribution in [0.15, 0.2) is 29.3 Å². The van der Waals surface area contributed by atoms with E-state index >= 15 is 0 Å². The number of hydrogen-bond acceptors (Lipinski definition) is 4. The van der Waals surface area contributed by atoms with Crippen molar-refractivity contribution in [1.29, 1.82) is 0 Å². The van der Waals surface area contributed by atoms with Crippen molar-refractivity contribution < 1.29 is 9.47 Å². The highest BCUT2D eigenvalue weighted by Crippen LogP contribution is 2.36. The lowest BCUT2D eigenvalue weighted by atomic mass is 9.74. The highest BCUT2D eigenvalue weighted by atomic mass is 16.5. The lowest BCUT2D eigenvalue weighted by Crippen LogP contribution is -2.42. The molecule has 0 amide bonds. The summed E-state index contributed by atoms with van der Waals surface area (Å²) in [6.07, 6.45) is 8.65. The second-order valence-electron chi connectivity index (χ2n) is 8.85. The van der Waals surface area contributed by atoms with Gasteiger partial charge in [0.1, 0.15) is 5.75 Å². The van der Waals surface area contributed by atoms with Crippen LogP contribution >= 0.6 is 0 Å². The lowest BCUT2D eigenvalue weighted by molar-refractivity contribution is 0.0531. The number of hydrogen-bond donors (Lipinski definition) is 2. The van der Waals surface area contributed by atoms with Crippen molar-refractivity contribution >= 4 is 5.96 Å². The van der Waals surface area contributed by atoms with Gasteiger partial charge in [-0.2, -0.15) is 0 Å². The van der Waals surface area contributed by atoms with E-state index in [0.29, 0.717) is 0 Å². The Bertz CT molecular complexity index is 648. The Balaban J connectivity index is 1.57. The molecule has 1 aromatic rings. The van der Waals surface area contributed by atoms with Crippen molar-refractivity contribution in [3.63, 3.8) is 0 Å². The van der Waals surface area contributed by atoms with Gasteiger partial charge in [-0.15, -0.1) is 0 Å². The SMILES string of the molecule is CCNC(=NCC1(c2ccc(OC)cc2)CCOCC1)NCCCN1CCCCCC1. The second kappa shape index (κ2) is 12.9. The number of aliphatic imine (C=N–C) groups is 1. The summed E-state index contributed by atoms with van der Waals surface area (Å²) in [4.78, 5) is 7.65. The largest absolute Gasteiger partial charge is 0.497 e. The molecule has 0 aromatic heterocycles. The van der Waals surface area contributed by atoms with E-state index in [0.717, 1.165) is 63.8 Å². The summed E-state index contributed by atoms with van der Waals surface area (Å²) in [5.41, 5.74) is 1.36. The Morgan fingerprint density at radius 1 is 1.06 bits per heavy atom. The molecule has 0 radical (unpaired) electrons. The molecule has 1 aromatic carbocycles. The maximum Gasteiger partial charge on any atom is 0.191 e. The summed E-state index contributed by atoms with van der Waals surface area (Å²) in [7, 11) is 1.71. The van der Waals surface area contributed by atoms with Crippen LogP contribution in [0.3, 0.4) is 0 Å². The summed E-state index contributed by atoms with van der Waals surface area (Å²) in [5.74, 6) is 1.83. The van der Waals surface area contributed by atoms with E-state index in [1.165, 1.54) is 50.9 Å². The Morgan fingerprint density at radius 2 is 1.77 bits per heavy atom. The molecule has 6 heteroatoms. The van der Waals surface area contributed by atoms with E-state index < -0.39 is 0 Å². The Morgan fingerprint density at radius 3 is 2.42 bits per heavy atom. The third-order valence-electron chi connectivity index (χ3n) is 6.68. The van der Waals surface area contributed by atoms with Crippen LogP contribution in [0.5, 0.6) is 5.75 Å². The highest BCUT2D eigenvalue weighted by molar-refractivity contribution is 5.79. The van der Waals surface area contributed by atoms with Crippen LogP contribution in [-0.4, -0.2) is 70.5 Å².